The van der Waals surface area contributed by atoms with Crippen LogP contribution in [0.15, 0.2) is 23.8 Å². The van der Waals surface area contributed by atoms with Crippen LogP contribution >= 0.6 is 0 Å². The Morgan fingerprint density at radius 1 is 0.614 bits per heavy atom. The third kappa shape index (κ3) is 10.7. The molecule has 0 aromatic heterocycles. The van der Waals surface area contributed by atoms with E-state index in [1.54, 1.807) is 6.92 Å². The predicted molar refractivity (Wildman–Crippen MR) is 285 cm³/mol. The zero-order chi connectivity index (χ0) is 60.4. The average molecular weight is 1190 g/mol. The number of allylic oxidation sites excluding steroid dienone is 3. The van der Waals surface area contributed by atoms with E-state index in [1.165, 1.54) is 19.4 Å². The molecule has 32 atom stereocenters. The molecule has 5 heterocycles. The van der Waals surface area contributed by atoms with Crippen molar-refractivity contribution in [2.45, 2.75) is 267 Å². The Labute approximate surface area is 484 Å². The summed E-state index contributed by atoms with van der Waals surface area (Å²) >= 11 is 0. The Kier molecular flexibility index (Phi) is 18.4. The molecule has 83 heavy (non-hydrogen) atoms. The molecule has 5 saturated heterocycles. The highest BCUT2D eigenvalue weighted by Gasteiger charge is 2.70. The first-order valence-corrected chi connectivity index (χ1v) is 30.1. The van der Waals surface area contributed by atoms with E-state index in [4.69, 9.17) is 47.4 Å². The van der Waals surface area contributed by atoms with Gasteiger partial charge in [-0.1, -0.05) is 65.3 Å². The number of carbonyl (C=O) groups excluding carboxylic acids is 1. The zero-order valence-corrected chi connectivity index (χ0v) is 48.9. The minimum absolute atomic E-state index is 0.168. The van der Waals surface area contributed by atoms with Crippen molar-refractivity contribution in [3.05, 3.63) is 23.8 Å². The first kappa shape index (κ1) is 64.1. The van der Waals surface area contributed by atoms with E-state index in [-0.39, 0.29) is 46.7 Å². The normalized spacial score (nSPS) is 54.5. The highest BCUT2D eigenvalue weighted by molar-refractivity contribution is 5.79. The van der Waals surface area contributed by atoms with Gasteiger partial charge in [0.2, 0.25) is 6.29 Å². The Morgan fingerprint density at radius 2 is 1.22 bits per heavy atom. The van der Waals surface area contributed by atoms with E-state index in [2.05, 4.69) is 47.3 Å². The maximum absolute atomic E-state index is 15.1. The Morgan fingerprint density at radius 3 is 1.86 bits per heavy atom. The van der Waals surface area contributed by atoms with Crippen molar-refractivity contribution < 1.29 is 119 Å². The minimum atomic E-state index is -1.85. The lowest BCUT2D eigenvalue weighted by atomic mass is 9.34. The van der Waals surface area contributed by atoms with Crippen LogP contribution in [0.25, 0.3) is 0 Å². The monoisotopic (exact) mass is 1190 g/mol. The number of aliphatic hydroxyl groups excluding tert-OH is 13. The molecule has 5 aliphatic carbocycles. The fourth-order valence-electron chi connectivity index (χ4n) is 17.3. The van der Waals surface area contributed by atoms with Crippen LogP contribution < -0.4 is 0 Å². The molecule has 9 fully saturated rings. The first-order chi connectivity index (χ1) is 38.9. The molecule has 0 aromatic rings. The van der Waals surface area contributed by atoms with E-state index in [9.17, 15) is 66.4 Å². The lowest BCUT2D eigenvalue weighted by Crippen LogP contribution is -2.66. The molecule has 474 valence electrons. The second-order valence-corrected chi connectivity index (χ2v) is 27.6. The van der Waals surface area contributed by atoms with Gasteiger partial charge < -0.3 is 114 Å². The van der Waals surface area contributed by atoms with Crippen molar-refractivity contribution in [2.24, 2.45) is 50.7 Å². The Bertz CT molecular complexity index is 2340. The van der Waals surface area contributed by atoms with Gasteiger partial charge in [-0.25, -0.2) is 0 Å². The second kappa shape index (κ2) is 23.8. The number of ether oxygens (including phenoxy) is 10. The lowest BCUT2D eigenvalue weighted by molar-refractivity contribution is -0.364. The lowest BCUT2D eigenvalue weighted by Gasteiger charge is -2.71. The third-order valence-corrected chi connectivity index (χ3v) is 22.8. The minimum Gasteiger partial charge on any atom is -0.432 e. The molecule has 0 amide bonds. The summed E-state index contributed by atoms with van der Waals surface area (Å²) in [4.78, 5) is 15.1. The van der Waals surface area contributed by atoms with Gasteiger partial charge in [-0.05, 0) is 112 Å². The van der Waals surface area contributed by atoms with E-state index in [0.29, 0.717) is 38.5 Å². The van der Waals surface area contributed by atoms with Crippen LogP contribution in [0.3, 0.4) is 0 Å². The van der Waals surface area contributed by atoms with Crippen molar-refractivity contribution >= 4 is 5.97 Å². The number of rotatable bonds is 12. The summed E-state index contributed by atoms with van der Waals surface area (Å²) in [5.74, 6) is -1.34. The summed E-state index contributed by atoms with van der Waals surface area (Å²) in [5.41, 5.74) is 0.00316. The Hall–Kier alpha value is -1.93. The van der Waals surface area contributed by atoms with Gasteiger partial charge in [0.05, 0.1) is 49.7 Å². The quantitative estimate of drug-likeness (QED) is 0.0652. The summed E-state index contributed by atoms with van der Waals surface area (Å²) in [6.07, 6.45) is -24.3. The van der Waals surface area contributed by atoms with Crippen LogP contribution in [0.5, 0.6) is 0 Å². The van der Waals surface area contributed by atoms with Gasteiger partial charge in [0.15, 0.2) is 25.2 Å². The maximum Gasteiger partial charge on any atom is 0.315 e. The van der Waals surface area contributed by atoms with Gasteiger partial charge in [0, 0.05) is 11.8 Å². The molecule has 0 spiro atoms. The summed E-state index contributed by atoms with van der Waals surface area (Å²) in [6, 6.07) is 0. The fraction of sp³-hybridized carbons (Fsp3) is 0.915. The molecule has 24 nitrogen and oxygen atoms in total. The molecule has 4 saturated carbocycles. The van der Waals surface area contributed by atoms with Gasteiger partial charge in [-0.3, -0.25) is 4.79 Å². The van der Waals surface area contributed by atoms with Crippen molar-refractivity contribution in [1.29, 1.82) is 0 Å². The zero-order valence-electron chi connectivity index (χ0n) is 48.9. The van der Waals surface area contributed by atoms with Gasteiger partial charge >= 0.3 is 5.97 Å². The first-order valence-electron chi connectivity index (χ1n) is 30.1. The number of esters is 1. The molecule has 0 bridgehead atoms. The van der Waals surface area contributed by atoms with Gasteiger partial charge in [-0.2, -0.15) is 0 Å². The highest BCUT2D eigenvalue weighted by Crippen LogP contribution is 2.75. The number of aliphatic hydroxyl groups is 13. The average Bonchev–Trinajstić information content (AvgIpc) is 0.778. The van der Waals surface area contributed by atoms with Crippen molar-refractivity contribution in [3.63, 3.8) is 0 Å². The third-order valence-electron chi connectivity index (χ3n) is 22.8. The topological polar surface area (TPSA) is 372 Å². The number of carbonyl (C=O) groups is 1. The summed E-state index contributed by atoms with van der Waals surface area (Å²) in [6.45, 7) is 19.2. The van der Waals surface area contributed by atoms with Crippen LogP contribution in [0.4, 0.5) is 0 Å². The molecule has 13 N–H and O–H groups in total. The van der Waals surface area contributed by atoms with Crippen molar-refractivity contribution in [3.8, 4) is 0 Å². The maximum atomic E-state index is 15.1. The molecular weight excluding hydrogens is 1090 g/mol. The summed E-state index contributed by atoms with van der Waals surface area (Å²) in [5, 5.41) is 140. The van der Waals surface area contributed by atoms with Crippen LogP contribution in [0.2, 0.25) is 0 Å². The molecule has 10 aliphatic rings. The Balaban J connectivity index is 0.815. The molecular formula is C59H94O24. The van der Waals surface area contributed by atoms with Crippen molar-refractivity contribution in [1.82, 2.24) is 0 Å². The highest BCUT2D eigenvalue weighted by atomic mass is 16.8. The second-order valence-electron chi connectivity index (χ2n) is 27.6. The summed E-state index contributed by atoms with van der Waals surface area (Å²) in [7, 11) is 0. The van der Waals surface area contributed by atoms with Crippen LogP contribution in [0.1, 0.15) is 120 Å². The molecule has 0 radical (unpaired) electrons. The van der Waals surface area contributed by atoms with Crippen LogP contribution in [-0.2, 0) is 52.2 Å². The van der Waals surface area contributed by atoms with Gasteiger partial charge in [-0.15, -0.1) is 0 Å². The summed E-state index contributed by atoms with van der Waals surface area (Å²) < 4.78 is 60.2. The molecule has 5 aliphatic heterocycles. The number of hydrogen-bond donors (Lipinski definition) is 13. The smallest absolute Gasteiger partial charge is 0.315 e. The van der Waals surface area contributed by atoms with Crippen molar-refractivity contribution in [2.75, 3.05) is 19.8 Å². The molecule has 10 rings (SSSR count). The van der Waals surface area contributed by atoms with E-state index in [1.807, 2.05) is 0 Å². The van der Waals surface area contributed by atoms with Crippen LogP contribution in [0, 0.1) is 50.7 Å². The molecule has 24 heteroatoms. The number of hydrogen-bond acceptors (Lipinski definition) is 24. The van der Waals surface area contributed by atoms with E-state index in [0.717, 1.165) is 31.3 Å². The van der Waals surface area contributed by atoms with Gasteiger partial charge in [0.1, 0.15) is 91.6 Å². The standard InChI is InChI=1S/C59H94O24/c1-24-12-17-59(54(73)83-52-46(72)43(69)40(66)32(79-52)23-75-49-36(62)25(2)47(31(21-60)78-49)81-50-44(70)41(67)37(63)26(3)76-50)19-18-57(8)28(29(59)20-24)10-11-34-56(7)15-14-35(55(5,6)33(56)13-16-58(34,57)9)80-53-48(39(65)30(61)22-74-53)82-51-45(71)42(68)38(64)27(4)77-51/h10,25-27,29-53,60-72H,1,11-23H2,2-9H3. The SMILES string of the molecule is C=C1CCC2(C(=O)OC3OC(COC4OC(CO)C(OC5OC(C)C(O)C(O)C5O)C(C)C4O)C(O)C(O)C3O)CCC3(C)C(=CCC4C5(C)CCC(OC6OCC(O)C(O)C6OC6OC(C)C(O)C(O)C6O)C(C)(C)C5CCC43C)C2C1. The largest absolute Gasteiger partial charge is 0.432 e. The predicted octanol–water partition coefficient (Wildman–Crippen LogP) is -0.712. The van der Waals surface area contributed by atoms with E-state index < -0.39 is 177 Å². The van der Waals surface area contributed by atoms with E-state index >= 15 is 4.79 Å². The van der Waals surface area contributed by atoms with Crippen LogP contribution in [-0.4, -0.2) is 240 Å². The fourth-order valence-corrected chi connectivity index (χ4v) is 17.3. The van der Waals surface area contributed by atoms with Gasteiger partial charge in [0.25, 0.3) is 0 Å². The molecule has 32 unspecified atom stereocenters. The number of fused-ring (bicyclic) bond motifs is 7. The molecule has 0 aromatic carbocycles.